The lowest BCUT2D eigenvalue weighted by Crippen LogP contribution is -2.00. The second kappa shape index (κ2) is 25.0. The van der Waals surface area contributed by atoms with Gasteiger partial charge in [0.05, 0.1) is 49.8 Å². The standard InChI is InChI=1S/C44H29N5.C30H19BrN2.C14H11N3/c1-3-14-30(15-4-1)43-44(31-16-5-2-6-17-31)49(46-45-43)34-26-27-42-38(29-34)37-22-9-12-25-41(37)48(42)33-19-13-18-32(28-33)47-39-23-10-7-20-35(39)36-21-8-11-24-40(36)47;31-20-16-17-30-26(18-20)25-12-3-6-15-29(25)33(30)22-9-7-8-21(19-22)32-27-13-4-1-10-23(27)24-11-2-5-14-28(24)32;1-3-7-11(8-4-1)13-14(16-17-15-13)12-9-5-2-6-10-12/h1-29H;1-19H;1-10H,(H,15,16,17). The van der Waals surface area contributed by atoms with Crippen LogP contribution in [0.15, 0.2) is 356 Å². The van der Waals surface area contributed by atoms with E-state index in [0.717, 1.165) is 94.4 Å². The molecule has 0 fully saturated rings. The second-order valence-electron chi connectivity index (χ2n) is 24.5. The minimum Gasteiger partial charge on any atom is -0.309 e. The molecule has 0 bridgehead atoms. The van der Waals surface area contributed by atoms with Crippen LogP contribution in [0.4, 0.5) is 0 Å². The Morgan fingerprint density at radius 3 is 0.919 bits per heavy atom. The molecule has 0 radical (unpaired) electrons. The van der Waals surface area contributed by atoms with E-state index in [9.17, 15) is 0 Å². The van der Waals surface area contributed by atoms with E-state index in [-0.39, 0.29) is 0 Å². The summed E-state index contributed by atoms with van der Waals surface area (Å²) < 4.78 is 12.6. The van der Waals surface area contributed by atoms with Gasteiger partial charge in [0.2, 0.25) is 0 Å². The first kappa shape index (κ1) is 58.6. The molecule has 6 aromatic heterocycles. The molecule has 0 saturated heterocycles. The Kier molecular flexibility index (Phi) is 14.8. The zero-order valence-corrected chi connectivity index (χ0v) is 55.0. The van der Waals surface area contributed by atoms with Crippen molar-refractivity contribution in [3.63, 3.8) is 0 Å². The lowest BCUT2D eigenvalue weighted by Gasteiger charge is -2.13. The molecule has 14 aromatic carbocycles. The third-order valence-electron chi connectivity index (χ3n) is 18.8. The third-order valence-corrected chi connectivity index (χ3v) is 19.3. The molecule has 0 spiro atoms. The molecule has 0 atom stereocenters. The van der Waals surface area contributed by atoms with Crippen molar-refractivity contribution in [2.75, 3.05) is 0 Å². The molecule has 0 saturated carbocycles. The zero-order chi connectivity index (χ0) is 65.8. The van der Waals surface area contributed by atoms with Gasteiger partial charge in [-0.1, -0.05) is 264 Å². The maximum atomic E-state index is 4.74. The van der Waals surface area contributed by atoms with Crippen LogP contribution in [0.5, 0.6) is 0 Å². The molecule has 0 aliphatic carbocycles. The molecular weight excluding hydrogens is 1280 g/mol. The number of fused-ring (bicyclic) bond motifs is 12. The molecule has 20 aromatic rings. The Hall–Kier alpha value is -13.0. The van der Waals surface area contributed by atoms with E-state index in [2.05, 4.69) is 317 Å². The van der Waals surface area contributed by atoms with Gasteiger partial charge in [-0.2, -0.15) is 15.4 Å². The van der Waals surface area contributed by atoms with Crippen LogP contribution < -0.4 is 0 Å². The van der Waals surface area contributed by atoms with Gasteiger partial charge in [-0.05, 0) is 109 Å². The van der Waals surface area contributed by atoms with Crippen molar-refractivity contribution >= 4 is 103 Å². The van der Waals surface area contributed by atoms with Crippen LogP contribution in [-0.4, -0.2) is 48.7 Å². The lowest BCUT2D eigenvalue weighted by molar-refractivity contribution is 0.809. The van der Waals surface area contributed by atoms with Crippen LogP contribution in [0.25, 0.3) is 161 Å². The van der Waals surface area contributed by atoms with Crippen molar-refractivity contribution in [2.24, 2.45) is 0 Å². The van der Waals surface area contributed by atoms with Crippen LogP contribution in [0.3, 0.4) is 0 Å². The average Bonchev–Trinajstić information content (AvgIpc) is 1.64. The number of rotatable bonds is 9. The van der Waals surface area contributed by atoms with E-state index < -0.39 is 0 Å². The smallest absolute Gasteiger partial charge is 0.121 e. The average molecular weight is 1340 g/mol. The summed E-state index contributed by atoms with van der Waals surface area (Å²) in [7, 11) is 0. The van der Waals surface area contributed by atoms with Gasteiger partial charge >= 0.3 is 0 Å². The topological polar surface area (TPSA) is 92.0 Å². The molecule has 0 aliphatic rings. The molecule has 0 unspecified atom stereocenters. The van der Waals surface area contributed by atoms with Crippen molar-refractivity contribution in [1.82, 2.24) is 48.7 Å². The number of aromatic nitrogens is 10. The minimum absolute atomic E-state index is 0.858. The number of para-hydroxylation sites is 6. The van der Waals surface area contributed by atoms with Crippen molar-refractivity contribution in [2.45, 2.75) is 0 Å². The number of nitrogens with one attached hydrogen (secondary N) is 1. The SMILES string of the molecule is Brc1ccc2c(c1)c1ccccc1n2-c1cccc(-n2c3ccccc3c3ccccc32)c1.c1ccc(-c2n[nH]nc2-c2ccccc2)cc1.c1ccc(-c2nnn(-c3ccc4c(c3)c3ccccc3n4-c3cccc(-n4c5ccccc5c5ccccc54)c3)c2-c2ccccc2)cc1. The second-order valence-corrected chi connectivity index (χ2v) is 25.4. The van der Waals surface area contributed by atoms with E-state index in [1.807, 2.05) is 89.6 Å². The highest BCUT2D eigenvalue weighted by molar-refractivity contribution is 9.10. The van der Waals surface area contributed by atoms with Gasteiger partial charge in [-0.15, -0.1) is 5.10 Å². The molecule has 10 nitrogen and oxygen atoms in total. The van der Waals surface area contributed by atoms with Crippen LogP contribution in [-0.2, 0) is 0 Å². The fraction of sp³-hybridized carbons (Fsp3) is 0. The number of hydrogen-bond acceptors (Lipinski definition) is 4. The summed E-state index contributed by atoms with van der Waals surface area (Å²) in [4.78, 5) is 0. The highest BCUT2D eigenvalue weighted by Gasteiger charge is 2.22. The van der Waals surface area contributed by atoms with Gasteiger partial charge in [-0.3, -0.25) is 0 Å². The van der Waals surface area contributed by atoms with E-state index in [4.69, 9.17) is 10.3 Å². The number of aromatic amines is 1. The Bertz CT molecular complexity index is 6220. The molecule has 20 rings (SSSR count). The van der Waals surface area contributed by atoms with Gasteiger partial charge in [0.15, 0.2) is 0 Å². The molecule has 11 heteroatoms. The summed E-state index contributed by atoms with van der Waals surface area (Å²) >= 11 is 3.65. The Morgan fingerprint density at radius 1 is 0.232 bits per heavy atom. The predicted molar refractivity (Wildman–Crippen MR) is 411 cm³/mol. The molecule has 6 heterocycles. The van der Waals surface area contributed by atoms with Crippen molar-refractivity contribution in [3.05, 3.63) is 356 Å². The highest BCUT2D eigenvalue weighted by atomic mass is 79.9. The fourth-order valence-corrected chi connectivity index (χ4v) is 14.8. The monoisotopic (exact) mass is 1330 g/mol. The minimum atomic E-state index is 0.858. The Balaban J connectivity index is 0.000000121. The summed E-state index contributed by atoms with van der Waals surface area (Å²) in [6.45, 7) is 0. The molecule has 1 N–H and O–H groups in total. The normalized spacial score (nSPS) is 11.5. The summed E-state index contributed by atoms with van der Waals surface area (Å²) in [5.41, 5.74) is 22.9. The van der Waals surface area contributed by atoms with E-state index in [0.29, 0.717) is 0 Å². The highest BCUT2D eigenvalue weighted by Crippen LogP contribution is 2.41. The number of hydrogen-bond donors (Lipinski definition) is 1. The molecular formula is C88H59BrN10. The molecule has 0 aliphatic heterocycles. The van der Waals surface area contributed by atoms with Crippen molar-refractivity contribution in [1.29, 1.82) is 0 Å². The molecule has 468 valence electrons. The summed E-state index contributed by atoms with van der Waals surface area (Å²) in [6.07, 6.45) is 0. The Labute approximate surface area is 577 Å². The van der Waals surface area contributed by atoms with Crippen molar-refractivity contribution < 1.29 is 0 Å². The first-order valence-electron chi connectivity index (χ1n) is 33.1. The van der Waals surface area contributed by atoms with Gasteiger partial charge in [0.25, 0.3) is 0 Å². The van der Waals surface area contributed by atoms with Gasteiger partial charge < -0.3 is 18.3 Å². The van der Waals surface area contributed by atoms with E-state index in [1.165, 1.54) is 70.8 Å². The summed E-state index contributed by atoms with van der Waals surface area (Å²) in [5, 5.41) is 30.5. The van der Waals surface area contributed by atoms with Crippen molar-refractivity contribution in [3.8, 4) is 73.5 Å². The number of H-pyrrole nitrogens is 1. The van der Waals surface area contributed by atoms with Gasteiger partial charge in [0, 0.05) is 92.6 Å². The van der Waals surface area contributed by atoms with E-state index >= 15 is 0 Å². The first-order chi connectivity index (χ1) is 49.1. The van der Waals surface area contributed by atoms with Crippen LogP contribution in [0.2, 0.25) is 0 Å². The predicted octanol–water partition coefficient (Wildman–Crippen LogP) is 22.6. The fourth-order valence-electron chi connectivity index (χ4n) is 14.5. The van der Waals surface area contributed by atoms with Gasteiger partial charge in [-0.25, -0.2) is 4.68 Å². The number of benzene rings is 14. The maximum absolute atomic E-state index is 4.74. The third kappa shape index (κ3) is 10.3. The zero-order valence-electron chi connectivity index (χ0n) is 53.4. The van der Waals surface area contributed by atoms with Gasteiger partial charge in [0.1, 0.15) is 22.8 Å². The largest absolute Gasteiger partial charge is 0.309 e. The first-order valence-corrected chi connectivity index (χ1v) is 33.9. The molecule has 0 amide bonds. The Morgan fingerprint density at radius 2 is 0.535 bits per heavy atom. The number of halogens is 1. The van der Waals surface area contributed by atoms with Crippen LogP contribution in [0.1, 0.15) is 0 Å². The van der Waals surface area contributed by atoms with Crippen LogP contribution >= 0.6 is 15.9 Å². The van der Waals surface area contributed by atoms with Crippen LogP contribution in [0, 0.1) is 0 Å². The molecule has 99 heavy (non-hydrogen) atoms. The number of nitrogens with zero attached hydrogens (tertiary/aromatic N) is 9. The lowest BCUT2D eigenvalue weighted by atomic mass is 10.0. The quantitative estimate of drug-likeness (QED) is 0.156. The summed E-state index contributed by atoms with van der Waals surface area (Å²) in [6, 6.07) is 124. The maximum Gasteiger partial charge on any atom is 0.121 e. The van der Waals surface area contributed by atoms with E-state index in [1.54, 1.807) is 0 Å². The summed E-state index contributed by atoms with van der Waals surface area (Å²) in [5.74, 6) is 0.